The molecule has 0 aliphatic carbocycles. The van der Waals surface area contributed by atoms with Crippen LogP contribution >= 0.6 is 0 Å². The van der Waals surface area contributed by atoms with Gasteiger partial charge in [0, 0.05) is 6.42 Å². The highest BCUT2D eigenvalue weighted by Gasteiger charge is 2.53. The van der Waals surface area contributed by atoms with E-state index in [2.05, 4.69) is 31.3 Å². The number of aliphatic hydroxyl groups excluding tert-OH is 11. The van der Waals surface area contributed by atoms with Crippen molar-refractivity contribution in [3.05, 3.63) is 24.3 Å². The average Bonchev–Trinajstić information content (AvgIpc) is 3.32. The van der Waals surface area contributed by atoms with Gasteiger partial charge >= 0.3 is 0 Å². The van der Waals surface area contributed by atoms with Crippen LogP contribution in [0.1, 0.15) is 142 Å². The monoisotopic (exact) mass is 966 g/mol. The Hall–Kier alpha value is -1.73. The fraction of sp³-hybridized carbons (Fsp3) is 0.896. The van der Waals surface area contributed by atoms with E-state index in [1.807, 2.05) is 6.08 Å². The van der Waals surface area contributed by atoms with Crippen molar-refractivity contribution in [3.63, 3.8) is 0 Å². The average molecular weight is 966 g/mol. The summed E-state index contributed by atoms with van der Waals surface area (Å²) in [6, 6.07) is -0.981. The summed E-state index contributed by atoms with van der Waals surface area (Å²) in [5, 5.41) is 119. The molecule has 0 aromatic heterocycles. The number of hydrogen-bond acceptors (Lipinski definition) is 18. The molecule has 0 spiro atoms. The highest BCUT2D eigenvalue weighted by Crippen LogP contribution is 2.33. The van der Waals surface area contributed by atoms with E-state index in [0.29, 0.717) is 12.8 Å². The second-order valence-corrected chi connectivity index (χ2v) is 18.3. The van der Waals surface area contributed by atoms with Crippen molar-refractivity contribution in [2.45, 2.75) is 247 Å². The summed E-state index contributed by atoms with van der Waals surface area (Å²) < 4.78 is 34.0. The van der Waals surface area contributed by atoms with Crippen LogP contribution in [-0.4, -0.2) is 193 Å². The SMILES string of the molecule is CCCCC/C=C/CC/C=C/C(O)C(COC1OC(CO)C(OC2OC(CO)C(OC3OC(CO)C(O)C(O)C3O)C(O)C2O)C(O)C1O)NC(=O)CCCCCCCCCCCCCCC. The van der Waals surface area contributed by atoms with Crippen LogP contribution in [0.15, 0.2) is 24.3 Å². The Bertz CT molecular complexity index is 1340. The Morgan fingerprint density at radius 1 is 0.522 bits per heavy atom. The lowest BCUT2D eigenvalue weighted by Gasteiger charge is -2.48. The van der Waals surface area contributed by atoms with Crippen LogP contribution in [0, 0.1) is 0 Å². The van der Waals surface area contributed by atoms with Gasteiger partial charge in [-0.2, -0.15) is 0 Å². The number of rotatable bonds is 34. The number of nitrogens with one attached hydrogen (secondary N) is 1. The summed E-state index contributed by atoms with van der Waals surface area (Å²) in [6.07, 6.45) is 2.09. The number of allylic oxidation sites excluding steroid dienone is 3. The molecule has 392 valence electrons. The molecule has 17 unspecified atom stereocenters. The van der Waals surface area contributed by atoms with Gasteiger partial charge in [-0.05, 0) is 32.1 Å². The summed E-state index contributed by atoms with van der Waals surface area (Å²) in [7, 11) is 0. The normalized spacial score (nSPS) is 33.7. The molecular formula is C48H87NO18. The zero-order valence-electron chi connectivity index (χ0n) is 39.9. The second-order valence-electron chi connectivity index (χ2n) is 18.3. The fourth-order valence-electron chi connectivity index (χ4n) is 8.50. The predicted octanol–water partition coefficient (Wildman–Crippen LogP) is 1.25. The minimum absolute atomic E-state index is 0.238. The summed E-state index contributed by atoms with van der Waals surface area (Å²) in [5.41, 5.74) is 0. The van der Waals surface area contributed by atoms with Gasteiger partial charge in [0.25, 0.3) is 0 Å². The molecular weight excluding hydrogens is 879 g/mol. The topological polar surface area (TPSA) is 307 Å². The molecule has 3 rings (SSSR count). The molecule has 3 aliphatic rings. The van der Waals surface area contributed by atoms with Crippen molar-refractivity contribution in [1.82, 2.24) is 5.32 Å². The van der Waals surface area contributed by atoms with E-state index in [0.717, 1.165) is 44.9 Å². The molecule has 0 saturated carbocycles. The van der Waals surface area contributed by atoms with Crippen LogP contribution in [0.4, 0.5) is 0 Å². The number of carbonyl (C=O) groups excluding carboxylic acids is 1. The van der Waals surface area contributed by atoms with Crippen molar-refractivity contribution in [1.29, 1.82) is 0 Å². The third kappa shape index (κ3) is 20.1. The molecule has 19 nitrogen and oxygen atoms in total. The molecule has 1 amide bonds. The first-order valence-electron chi connectivity index (χ1n) is 25.1. The Balaban J connectivity index is 1.57. The molecule has 3 heterocycles. The minimum Gasteiger partial charge on any atom is -0.394 e. The van der Waals surface area contributed by atoms with E-state index in [1.54, 1.807) is 6.08 Å². The molecule has 19 heteroatoms. The number of aliphatic hydroxyl groups is 11. The largest absolute Gasteiger partial charge is 0.394 e. The van der Waals surface area contributed by atoms with Gasteiger partial charge in [0.15, 0.2) is 18.9 Å². The van der Waals surface area contributed by atoms with E-state index < -0.39 is 124 Å². The van der Waals surface area contributed by atoms with Crippen molar-refractivity contribution < 1.29 is 89.4 Å². The molecule has 0 bridgehead atoms. The van der Waals surface area contributed by atoms with Gasteiger partial charge in [-0.3, -0.25) is 4.79 Å². The molecule has 3 saturated heterocycles. The highest BCUT2D eigenvalue weighted by molar-refractivity contribution is 5.76. The number of hydrogen-bond donors (Lipinski definition) is 12. The molecule has 3 fully saturated rings. The zero-order valence-corrected chi connectivity index (χ0v) is 39.9. The summed E-state index contributed by atoms with van der Waals surface area (Å²) in [6.45, 7) is 1.59. The standard InChI is InChI=1S/C48H87NO18/c1-3-5-7-9-11-13-14-15-16-18-20-22-24-26-36(54)49-31(32(53)25-23-21-19-17-12-10-8-6-4-2)30-62-46-42(60)39(57)44(34(28-51)64-46)67-48-43(61)40(58)45(35(29-52)65-48)66-47-41(59)38(56)37(55)33(27-50)63-47/h12,17,23,25,31-35,37-48,50-53,55-61H,3-11,13-16,18-22,24,26-30H2,1-2H3,(H,49,54)/b17-12+,25-23+. The van der Waals surface area contributed by atoms with Gasteiger partial charge in [0.2, 0.25) is 5.91 Å². The first-order valence-corrected chi connectivity index (χ1v) is 25.1. The fourth-order valence-corrected chi connectivity index (χ4v) is 8.50. The first-order chi connectivity index (χ1) is 32.3. The van der Waals surface area contributed by atoms with E-state index in [1.165, 1.54) is 64.2 Å². The first kappa shape index (κ1) is 59.6. The van der Waals surface area contributed by atoms with E-state index >= 15 is 0 Å². The van der Waals surface area contributed by atoms with Gasteiger partial charge < -0.3 is 89.9 Å². The predicted molar refractivity (Wildman–Crippen MR) is 245 cm³/mol. The third-order valence-electron chi connectivity index (χ3n) is 12.8. The van der Waals surface area contributed by atoms with Crippen molar-refractivity contribution in [2.24, 2.45) is 0 Å². The lowest BCUT2D eigenvalue weighted by Crippen LogP contribution is -2.66. The Kier molecular flexibility index (Phi) is 30.0. The zero-order chi connectivity index (χ0) is 49.1. The van der Waals surface area contributed by atoms with Crippen molar-refractivity contribution >= 4 is 5.91 Å². The second kappa shape index (κ2) is 33.8. The number of ether oxygens (including phenoxy) is 6. The minimum atomic E-state index is -1.98. The number of carbonyl (C=O) groups is 1. The van der Waals surface area contributed by atoms with Crippen LogP contribution in [0.3, 0.4) is 0 Å². The van der Waals surface area contributed by atoms with E-state index in [9.17, 15) is 61.0 Å². The lowest BCUT2D eigenvalue weighted by atomic mass is 9.96. The molecule has 12 N–H and O–H groups in total. The Labute approximate surface area is 397 Å². The lowest BCUT2D eigenvalue weighted by molar-refractivity contribution is -0.379. The van der Waals surface area contributed by atoms with Crippen molar-refractivity contribution in [2.75, 3.05) is 26.4 Å². The van der Waals surface area contributed by atoms with Gasteiger partial charge in [-0.1, -0.05) is 128 Å². The quantitative estimate of drug-likeness (QED) is 0.0319. The summed E-state index contributed by atoms with van der Waals surface area (Å²) in [4.78, 5) is 13.2. The Morgan fingerprint density at radius 3 is 1.49 bits per heavy atom. The molecule has 0 aromatic carbocycles. The van der Waals surface area contributed by atoms with E-state index in [4.69, 9.17) is 28.4 Å². The number of amides is 1. The molecule has 67 heavy (non-hydrogen) atoms. The number of unbranched alkanes of at least 4 members (excludes halogenated alkanes) is 16. The van der Waals surface area contributed by atoms with Crippen molar-refractivity contribution in [3.8, 4) is 0 Å². The summed E-state index contributed by atoms with van der Waals surface area (Å²) >= 11 is 0. The molecule has 0 aromatic rings. The highest BCUT2D eigenvalue weighted by atomic mass is 16.8. The van der Waals surface area contributed by atoms with Gasteiger partial charge in [0.1, 0.15) is 73.2 Å². The molecule has 0 radical (unpaired) electrons. The van der Waals surface area contributed by atoms with Crippen LogP contribution in [0.2, 0.25) is 0 Å². The van der Waals surface area contributed by atoms with Crippen LogP contribution in [0.25, 0.3) is 0 Å². The maximum absolute atomic E-state index is 13.2. The van der Waals surface area contributed by atoms with Crippen LogP contribution in [-0.2, 0) is 33.2 Å². The van der Waals surface area contributed by atoms with Gasteiger partial charge in [-0.15, -0.1) is 0 Å². The van der Waals surface area contributed by atoms with Crippen LogP contribution in [0.5, 0.6) is 0 Å². The summed E-state index contributed by atoms with van der Waals surface area (Å²) in [5.74, 6) is -0.291. The molecule has 17 atom stereocenters. The Morgan fingerprint density at radius 2 is 0.955 bits per heavy atom. The smallest absolute Gasteiger partial charge is 0.220 e. The third-order valence-corrected chi connectivity index (χ3v) is 12.8. The van der Waals surface area contributed by atoms with Crippen LogP contribution < -0.4 is 5.32 Å². The van der Waals surface area contributed by atoms with E-state index in [-0.39, 0.29) is 18.9 Å². The maximum atomic E-state index is 13.2. The van der Waals surface area contributed by atoms with Gasteiger partial charge in [-0.25, -0.2) is 0 Å². The molecule has 3 aliphatic heterocycles. The van der Waals surface area contributed by atoms with Gasteiger partial charge in [0.05, 0.1) is 38.6 Å². The maximum Gasteiger partial charge on any atom is 0.220 e.